The van der Waals surface area contributed by atoms with Crippen LogP contribution in [0.25, 0.3) is 0 Å². The highest BCUT2D eigenvalue weighted by atomic mass is 16.5. The molecular weight excluding hydrogens is 330 g/mol. The minimum atomic E-state index is 0.317. The van der Waals surface area contributed by atoms with Gasteiger partial charge in [0.15, 0.2) is 5.96 Å². The number of hydrogen-bond donors (Lipinski definition) is 2. The second kappa shape index (κ2) is 11.6. The molecule has 0 bridgehead atoms. The van der Waals surface area contributed by atoms with E-state index in [-0.39, 0.29) is 0 Å². The van der Waals surface area contributed by atoms with Gasteiger partial charge in [-0.05, 0) is 51.2 Å². The normalized spacial score (nSPS) is 15.1. The van der Waals surface area contributed by atoms with Crippen molar-refractivity contribution in [1.82, 2.24) is 10.6 Å². The topological polar surface area (TPSA) is 64.1 Å². The third-order valence-corrected chi connectivity index (χ3v) is 4.50. The number of benzene rings is 1. The van der Waals surface area contributed by atoms with Gasteiger partial charge in [0.05, 0.1) is 13.2 Å². The van der Waals surface area contributed by atoms with Crippen molar-refractivity contribution in [3.05, 3.63) is 23.8 Å². The zero-order valence-corrected chi connectivity index (χ0v) is 16.3. The summed E-state index contributed by atoms with van der Waals surface area (Å²) in [4.78, 5) is 4.28. The summed E-state index contributed by atoms with van der Waals surface area (Å²) in [7, 11) is 3.46. The Kier molecular flexibility index (Phi) is 9.10. The lowest BCUT2D eigenvalue weighted by Crippen LogP contribution is -2.37. The number of hydrogen-bond acceptors (Lipinski definition) is 4. The van der Waals surface area contributed by atoms with Crippen LogP contribution in [0.15, 0.2) is 23.2 Å². The van der Waals surface area contributed by atoms with Gasteiger partial charge in [-0.15, -0.1) is 0 Å². The highest BCUT2D eigenvalue weighted by Gasteiger charge is 2.18. The largest absolute Gasteiger partial charge is 0.497 e. The summed E-state index contributed by atoms with van der Waals surface area (Å²) in [6.07, 6.45) is 6.03. The first-order chi connectivity index (χ1) is 12.8. The van der Waals surface area contributed by atoms with Crippen LogP contribution in [0.1, 0.15) is 44.6 Å². The molecule has 0 spiro atoms. The maximum atomic E-state index is 6.24. The van der Waals surface area contributed by atoms with Crippen LogP contribution >= 0.6 is 0 Å². The van der Waals surface area contributed by atoms with Gasteiger partial charge in [0.25, 0.3) is 0 Å². The first kappa shape index (κ1) is 20.4. The number of nitrogens with zero attached hydrogens (tertiary/aromatic N) is 1. The van der Waals surface area contributed by atoms with E-state index < -0.39 is 0 Å². The van der Waals surface area contributed by atoms with Crippen LogP contribution in [-0.4, -0.2) is 46.0 Å². The smallest absolute Gasteiger partial charge is 0.191 e. The van der Waals surface area contributed by atoms with Crippen LogP contribution in [0.2, 0.25) is 0 Å². The van der Waals surface area contributed by atoms with Gasteiger partial charge in [0, 0.05) is 45.0 Å². The first-order valence-electron chi connectivity index (χ1n) is 9.62. The van der Waals surface area contributed by atoms with Crippen molar-refractivity contribution in [2.75, 3.05) is 33.9 Å². The lowest BCUT2D eigenvalue weighted by Gasteiger charge is -2.19. The summed E-state index contributed by atoms with van der Waals surface area (Å²) in [6.45, 7) is 5.01. The molecule has 0 aromatic heterocycles. The molecule has 0 unspecified atom stereocenters. The monoisotopic (exact) mass is 363 g/mol. The van der Waals surface area contributed by atoms with E-state index in [0.717, 1.165) is 62.0 Å². The molecule has 26 heavy (non-hydrogen) atoms. The summed E-state index contributed by atoms with van der Waals surface area (Å²) in [5, 5.41) is 6.66. The van der Waals surface area contributed by atoms with Crippen molar-refractivity contribution < 1.29 is 14.2 Å². The molecule has 1 aromatic carbocycles. The number of rotatable bonds is 10. The average molecular weight is 364 g/mol. The van der Waals surface area contributed by atoms with E-state index in [4.69, 9.17) is 14.2 Å². The Morgan fingerprint density at radius 1 is 1.23 bits per heavy atom. The molecule has 6 nitrogen and oxygen atoms in total. The Hall–Kier alpha value is -1.95. The second-order valence-corrected chi connectivity index (χ2v) is 6.40. The van der Waals surface area contributed by atoms with Crippen molar-refractivity contribution in [3.8, 4) is 11.5 Å². The lowest BCUT2D eigenvalue weighted by molar-refractivity contribution is 0.145. The van der Waals surface area contributed by atoms with Gasteiger partial charge >= 0.3 is 0 Å². The molecule has 0 heterocycles. The lowest BCUT2D eigenvalue weighted by atomic mass is 10.2. The van der Waals surface area contributed by atoms with Crippen molar-refractivity contribution in [1.29, 1.82) is 0 Å². The Morgan fingerprint density at radius 2 is 2.04 bits per heavy atom. The highest BCUT2D eigenvalue weighted by Crippen LogP contribution is 2.29. The number of ether oxygens (including phenoxy) is 3. The van der Waals surface area contributed by atoms with E-state index in [2.05, 4.69) is 21.7 Å². The molecular formula is C20H33N3O3. The Morgan fingerprint density at radius 3 is 2.73 bits per heavy atom. The summed E-state index contributed by atoms with van der Waals surface area (Å²) < 4.78 is 17.0. The zero-order valence-electron chi connectivity index (χ0n) is 16.3. The number of guanidine groups is 1. The SMILES string of the molecule is CCOCCCNC(=NC)NCc1ccc(OC)cc1OC1CCCC1. The van der Waals surface area contributed by atoms with Crippen LogP contribution in [0.4, 0.5) is 0 Å². The van der Waals surface area contributed by atoms with Crippen LogP contribution in [-0.2, 0) is 11.3 Å². The van der Waals surface area contributed by atoms with Gasteiger partial charge in [-0.3, -0.25) is 4.99 Å². The van der Waals surface area contributed by atoms with Crippen LogP contribution in [0, 0.1) is 0 Å². The molecule has 0 amide bonds. The molecule has 1 aromatic rings. The van der Waals surface area contributed by atoms with Gasteiger partial charge in [-0.25, -0.2) is 0 Å². The Balaban J connectivity index is 1.89. The zero-order chi connectivity index (χ0) is 18.6. The predicted molar refractivity (Wildman–Crippen MR) is 105 cm³/mol. The van der Waals surface area contributed by atoms with Gasteiger partial charge in [0.1, 0.15) is 11.5 Å². The van der Waals surface area contributed by atoms with E-state index in [9.17, 15) is 0 Å². The third-order valence-electron chi connectivity index (χ3n) is 4.50. The molecule has 0 atom stereocenters. The third kappa shape index (κ3) is 6.75. The van der Waals surface area contributed by atoms with E-state index in [0.29, 0.717) is 12.6 Å². The molecule has 146 valence electrons. The van der Waals surface area contributed by atoms with Gasteiger partial charge < -0.3 is 24.8 Å². The minimum Gasteiger partial charge on any atom is -0.497 e. The molecule has 1 aliphatic carbocycles. The summed E-state index contributed by atoms with van der Waals surface area (Å²) in [5.41, 5.74) is 1.11. The van der Waals surface area contributed by atoms with Crippen LogP contribution in [0.5, 0.6) is 11.5 Å². The van der Waals surface area contributed by atoms with Crippen LogP contribution < -0.4 is 20.1 Å². The minimum absolute atomic E-state index is 0.317. The van der Waals surface area contributed by atoms with Gasteiger partial charge in [-0.2, -0.15) is 0 Å². The number of aliphatic imine (C=N–C) groups is 1. The predicted octanol–water partition coefficient (Wildman–Crippen LogP) is 3.11. The quantitative estimate of drug-likeness (QED) is 0.380. The maximum Gasteiger partial charge on any atom is 0.191 e. The maximum absolute atomic E-state index is 6.24. The van der Waals surface area contributed by atoms with E-state index >= 15 is 0 Å². The molecule has 0 aliphatic heterocycles. The van der Waals surface area contributed by atoms with E-state index in [1.807, 2.05) is 19.1 Å². The van der Waals surface area contributed by atoms with Gasteiger partial charge in [0.2, 0.25) is 0 Å². The summed E-state index contributed by atoms with van der Waals surface area (Å²) in [5.74, 6) is 2.50. The van der Waals surface area contributed by atoms with E-state index in [1.54, 1.807) is 14.2 Å². The van der Waals surface area contributed by atoms with Crippen LogP contribution in [0.3, 0.4) is 0 Å². The molecule has 6 heteroatoms. The molecule has 0 saturated heterocycles. The molecule has 0 radical (unpaired) electrons. The van der Waals surface area contributed by atoms with E-state index in [1.165, 1.54) is 12.8 Å². The standard InChI is InChI=1S/C20H33N3O3/c1-4-25-13-7-12-22-20(21-2)23-15-16-10-11-18(24-3)14-19(16)26-17-8-5-6-9-17/h10-11,14,17H,4-9,12-13,15H2,1-3H3,(H2,21,22,23). The molecule has 1 aliphatic rings. The molecule has 2 rings (SSSR count). The summed E-state index contributed by atoms with van der Waals surface area (Å²) in [6, 6.07) is 6.00. The highest BCUT2D eigenvalue weighted by molar-refractivity contribution is 5.79. The van der Waals surface area contributed by atoms with Crippen molar-refractivity contribution in [3.63, 3.8) is 0 Å². The number of methoxy groups -OCH3 is 1. The first-order valence-corrected chi connectivity index (χ1v) is 9.62. The fraction of sp³-hybridized carbons (Fsp3) is 0.650. The molecule has 1 fully saturated rings. The van der Waals surface area contributed by atoms with Crippen molar-refractivity contribution in [2.24, 2.45) is 4.99 Å². The van der Waals surface area contributed by atoms with Gasteiger partial charge in [-0.1, -0.05) is 0 Å². The Bertz CT molecular complexity index is 557. The molecule has 2 N–H and O–H groups in total. The summed E-state index contributed by atoms with van der Waals surface area (Å²) >= 11 is 0. The fourth-order valence-electron chi connectivity index (χ4n) is 3.03. The molecule has 1 saturated carbocycles. The Labute approximate surface area is 157 Å². The second-order valence-electron chi connectivity index (χ2n) is 6.40. The van der Waals surface area contributed by atoms with Crippen molar-refractivity contribution in [2.45, 2.75) is 51.7 Å². The fourth-order valence-corrected chi connectivity index (χ4v) is 3.03. The average Bonchev–Trinajstić information content (AvgIpc) is 3.17. The van der Waals surface area contributed by atoms with Crippen molar-refractivity contribution >= 4 is 5.96 Å². The number of nitrogens with one attached hydrogen (secondary N) is 2.